The van der Waals surface area contributed by atoms with Gasteiger partial charge in [0.05, 0.1) is 11.5 Å². The highest BCUT2D eigenvalue weighted by Crippen LogP contribution is 2.14. The molecule has 1 heterocycles. The Hall–Kier alpha value is -1.63. The summed E-state index contributed by atoms with van der Waals surface area (Å²) in [4.78, 5) is 0.166. The molecule has 2 N–H and O–H groups in total. The predicted molar refractivity (Wildman–Crippen MR) is 81.2 cm³/mol. The number of nitrogens with zero attached hydrogens (tertiary/aromatic N) is 1. The van der Waals surface area contributed by atoms with E-state index >= 15 is 0 Å². The lowest BCUT2D eigenvalue weighted by molar-refractivity contribution is 0.272. The van der Waals surface area contributed by atoms with Crippen LogP contribution in [0.25, 0.3) is 0 Å². The van der Waals surface area contributed by atoms with Gasteiger partial charge < -0.3 is 9.67 Å². The van der Waals surface area contributed by atoms with E-state index < -0.39 is 10.0 Å². The standard InChI is InChI=1S/C15H20N2O3S/c1-3-12-4-6-13(7-5-12)9-16-21(19,20)15-8-14(11-18)17(2)10-15/h4-8,10,16,18H,3,9,11H2,1-2H3. The van der Waals surface area contributed by atoms with Gasteiger partial charge in [0, 0.05) is 25.5 Å². The lowest BCUT2D eigenvalue weighted by Gasteiger charge is -2.06. The molecule has 0 bridgehead atoms. The largest absolute Gasteiger partial charge is 0.390 e. The highest BCUT2D eigenvalue weighted by molar-refractivity contribution is 7.89. The number of benzene rings is 1. The summed E-state index contributed by atoms with van der Waals surface area (Å²) in [6.45, 7) is 2.13. The maximum absolute atomic E-state index is 12.2. The van der Waals surface area contributed by atoms with Gasteiger partial charge in [-0.2, -0.15) is 0 Å². The van der Waals surface area contributed by atoms with E-state index in [1.54, 1.807) is 11.6 Å². The summed E-state index contributed by atoms with van der Waals surface area (Å²) >= 11 is 0. The molecule has 0 saturated carbocycles. The van der Waals surface area contributed by atoms with E-state index in [0.717, 1.165) is 12.0 Å². The molecule has 2 rings (SSSR count). The first kappa shape index (κ1) is 15.8. The molecule has 1 aromatic carbocycles. The van der Waals surface area contributed by atoms with Gasteiger partial charge in [-0.05, 0) is 23.6 Å². The number of hydrogen-bond donors (Lipinski definition) is 2. The number of sulfonamides is 1. The van der Waals surface area contributed by atoms with Gasteiger partial charge in [0.2, 0.25) is 10.0 Å². The molecule has 0 saturated heterocycles. The van der Waals surface area contributed by atoms with Gasteiger partial charge in [-0.1, -0.05) is 31.2 Å². The fourth-order valence-corrected chi connectivity index (χ4v) is 3.15. The van der Waals surface area contributed by atoms with E-state index in [1.165, 1.54) is 17.8 Å². The molecule has 21 heavy (non-hydrogen) atoms. The summed E-state index contributed by atoms with van der Waals surface area (Å²) in [5.41, 5.74) is 2.69. The van der Waals surface area contributed by atoms with Gasteiger partial charge in [-0.15, -0.1) is 0 Å². The highest BCUT2D eigenvalue weighted by Gasteiger charge is 2.17. The zero-order valence-electron chi connectivity index (χ0n) is 12.2. The van der Waals surface area contributed by atoms with Crippen LogP contribution in [0.15, 0.2) is 41.4 Å². The third kappa shape index (κ3) is 3.72. The van der Waals surface area contributed by atoms with Crippen molar-refractivity contribution >= 4 is 10.0 Å². The van der Waals surface area contributed by atoms with Crippen molar-refractivity contribution in [2.24, 2.45) is 7.05 Å². The van der Waals surface area contributed by atoms with Crippen molar-refractivity contribution in [1.29, 1.82) is 0 Å². The molecule has 114 valence electrons. The predicted octanol–water partition coefficient (Wildman–Crippen LogP) is 1.56. The summed E-state index contributed by atoms with van der Waals surface area (Å²) in [6, 6.07) is 9.31. The number of aryl methyl sites for hydroxylation is 2. The second-order valence-corrected chi connectivity index (χ2v) is 6.70. The number of hydrogen-bond acceptors (Lipinski definition) is 3. The topological polar surface area (TPSA) is 71.3 Å². The molecule has 2 aromatic rings. The molecule has 0 radical (unpaired) electrons. The molecule has 0 amide bonds. The van der Waals surface area contributed by atoms with Crippen LogP contribution in [0.1, 0.15) is 23.7 Å². The Morgan fingerprint density at radius 3 is 2.33 bits per heavy atom. The summed E-state index contributed by atoms with van der Waals surface area (Å²) in [5, 5.41) is 9.12. The number of nitrogens with one attached hydrogen (secondary N) is 1. The van der Waals surface area contributed by atoms with Crippen LogP contribution in [0, 0.1) is 0 Å². The average Bonchev–Trinajstić information content (AvgIpc) is 2.88. The minimum atomic E-state index is -3.57. The van der Waals surface area contributed by atoms with Gasteiger partial charge >= 0.3 is 0 Å². The number of rotatable bonds is 6. The van der Waals surface area contributed by atoms with E-state index in [4.69, 9.17) is 5.11 Å². The van der Waals surface area contributed by atoms with Crippen LogP contribution in [-0.4, -0.2) is 18.1 Å². The summed E-state index contributed by atoms with van der Waals surface area (Å²) < 4.78 is 28.6. The summed E-state index contributed by atoms with van der Waals surface area (Å²) in [6.07, 6.45) is 2.45. The molecule has 6 heteroatoms. The van der Waals surface area contributed by atoms with Crippen molar-refractivity contribution in [3.8, 4) is 0 Å². The second-order valence-electron chi connectivity index (χ2n) is 4.93. The maximum atomic E-state index is 12.2. The van der Waals surface area contributed by atoms with Crippen molar-refractivity contribution in [1.82, 2.24) is 9.29 Å². The van der Waals surface area contributed by atoms with E-state index in [2.05, 4.69) is 11.6 Å². The molecular weight excluding hydrogens is 288 g/mol. The van der Waals surface area contributed by atoms with E-state index in [9.17, 15) is 8.42 Å². The minimum absolute atomic E-state index is 0.166. The van der Waals surface area contributed by atoms with Gasteiger partial charge in [0.15, 0.2) is 0 Å². The Morgan fingerprint density at radius 1 is 1.19 bits per heavy atom. The molecule has 0 aliphatic carbocycles. The Balaban J connectivity index is 2.09. The molecule has 0 aliphatic heterocycles. The van der Waals surface area contributed by atoms with Gasteiger partial charge in [0.1, 0.15) is 0 Å². The van der Waals surface area contributed by atoms with Crippen LogP contribution in [0.4, 0.5) is 0 Å². The maximum Gasteiger partial charge on any atom is 0.242 e. The van der Waals surface area contributed by atoms with E-state index in [0.29, 0.717) is 5.69 Å². The van der Waals surface area contributed by atoms with Gasteiger partial charge in [-0.25, -0.2) is 13.1 Å². The number of aromatic nitrogens is 1. The highest BCUT2D eigenvalue weighted by atomic mass is 32.2. The lowest BCUT2D eigenvalue weighted by Crippen LogP contribution is -2.22. The third-order valence-electron chi connectivity index (χ3n) is 3.45. The third-order valence-corrected chi connectivity index (χ3v) is 4.82. The zero-order chi connectivity index (χ0) is 15.5. The first-order valence-corrected chi connectivity index (χ1v) is 8.28. The summed E-state index contributed by atoms with van der Waals surface area (Å²) in [5.74, 6) is 0. The van der Waals surface area contributed by atoms with E-state index in [-0.39, 0.29) is 18.0 Å². The van der Waals surface area contributed by atoms with Crippen LogP contribution in [0.3, 0.4) is 0 Å². The Morgan fingerprint density at radius 2 is 1.81 bits per heavy atom. The van der Waals surface area contributed by atoms with Crippen molar-refractivity contribution < 1.29 is 13.5 Å². The fraction of sp³-hybridized carbons (Fsp3) is 0.333. The molecule has 0 spiro atoms. The van der Waals surface area contributed by atoms with Gasteiger partial charge in [0.25, 0.3) is 0 Å². The van der Waals surface area contributed by atoms with Crippen LogP contribution < -0.4 is 4.72 Å². The molecule has 0 aliphatic rings. The molecule has 0 unspecified atom stereocenters. The molecule has 5 nitrogen and oxygen atoms in total. The van der Waals surface area contributed by atoms with Crippen LogP contribution >= 0.6 is 0 Å². The second kappa shape index (κ2) is 6.43. The molecular formula is C15H20N2O3S. The number of aliphatic hydroxyl groups excluding tert-OH is 1. The molecule has 1 aromatic heterocycles. The van der Waals surface area contributed by atoms with Crippen LogP contribution in [0.2, 0.25) is 0 Å². The zero-order valence-corrected chi connectivity index (χ0v) is 13.0. The normalized spacial score (nSPS) is 11.8. The quantitative estimate of drug-likeness (QED) is 0.850. The monoisotopic (exact) mass is 308 g/mol. The molecule has 0 atom stereocenters. The van der Waals surface area contributed by atoms with Crippen molar-refractivity contribution in [3.05, 3.63) is 53.3 Å². The van der Waals surface area contributed by atoms with Crippen molar-refractivity contribution in [2.75, 3.05) is 0 Å². The minimum Gasteiger partial charge on any atom is -0.390 e. The first-order valence-electron chi connectivity index (χ1n) is 6.80. The van der Waals surface area contributed by atoms with Crippen molar-refractivity contribution in [2.45, 2.75) is 31.4 Å². The first-order chi connectivity index (χ1) is 9.96. The van der Waals surface area contributed by atoms with Crippen LogP contribution in [0.5, 0.6) is 0 Å². The van der Waals surface area contributed by atoms with Crippen molar-refractivity contribution in [3.63, 3.8) is 0 Å². The SMILES string of the molecule is CCc1ccc(CNS(=O)(=O)c2cc(CO)n(C)c2)cc1. The smallest absolute Gasteiger partial charge is 0.242 e. The fourth-order valence-electron chi connectivity index (χ4n) is 2.04. The summed E-state index contributed by atoms with van der Waals surface area (Å²) in [7, 11) is -1.87. The molecule has 0 fully saturated rings. The van der Waals surface area contributed by atoms with Crippen LogP contribution in [-0.2, 0) is 36.6 Å². The Bertz CT molecular complexity index is 703. The average molecular weight is 308 g/mol. The Labute approximate surface area is 125 Å². The van der Waals surface area contributed by atoms with E-state index in [1.807, 2.05) is 24.3 Å². The Kier molecular flexibility index (Phi) is 4.82. The van der Waals surface area contributed by atoms with Gasteiger partial charge in [-0.3, -0.25) is 0 Å². The number of aliphatic hydroxyl groups is 1. The lowest BCUT2D eigenvalue weighted by atomic mass is 10.1.